The molecule has 1 heteroatoms. The molecule has 1 aromatic rings. The van der Waals surface area contributed by atoms with E-state index in [1.54, 1.807) is 0 Å². The van der Waals surface area contributed by atoms with E-state index < -0.39 is 0 Å². The van der Waals surface area contributed by atoms with E-state index in [0.717, 1.165) is 24.2 Å². The molecule has 0 radical (unpaired) electrons. The smallest absolute Gasteiger partial charge is 0.119 e. The summed E-state index contributed by atoms with van der Waals surface area (Å²) in [4.78, 5) is 0. The second-order valence-electron chi connectivity index (χ2n) is 3.60. The molecule has 0 heterocycles. The Labute approximate surface area is 73.4 Å². The summed E-state index contributed by atoms with van der Waals surface area (Å²) < 4.78 is 5.60. The largest absolute Gasteiger partial charge is 0.493 e. The van der Waals surface area contributed by atoms with Gasteiger partial charge in [0.25, 0.3) is 0 Å². The molecule has 0 N–H and O–H groups in total. The first kappa shape index (κ1) is 7.66. The number of hydrogen-bond acceptors (Lipinski definition) is 1. The van der Waals surface area contributed by atoms with Gasteiger partial charge in [0.15, 0.2) is 0 Å². The molecular formula is C11H14O. The van der Waals surface area contributed by atoms with Gasteiger partial charge in [-0.25, -0.2) is 0 Å². The van der Waals surface area contributed by atoms with E-state index in [1.165, 1.54) is 6.42 Å². The molecule has 0 amide bonds. The van der Waals surface area contributed by atoms with Crippen molar-refractivity contribution in [3.63, 3.8) is 0 Å². The lowest BCUT2D eigenvalue weighted by Crippen LogP contribution is -1.99. The number of benzene rings is 1. The summed E-state index contributed by atoms with van der Waals surface area (Å²) in [6.45, 7) is 3.17. The fraction of sp³-hybridized carbons (Fsp3) is 0.455. The summed E-state index contributed by atoms with van der Waals surface area (Å²) in [5.41, 5.74) is 0. The van der Waals surface area contributed by atoms with Crippen LogP contribution in [0.15, 0.2) is 30.3 Å². The quantitative estimate of drug-likeness (QED) is 0.664. The molecule has 0 saturated heterocycles. The molecule has 0 unspecified atom stereocenters. The number of para-hydroxylation sites is 1. The predicted octanol–water partition coefficient (Wildman–Crippen LogP) is 2.72. The summed E-state index contributed by atoms with van der Waals surface area (Å²) in [6, 6.07) is 10.0. The van der Waals surface area contributed by atoms with E-state index in [4.69, 9.17) is 4.74 Å². The third-order valence-electron chi connectivity index (χ3n) is 2.48. The maximum Gasteiger partial charge on any atom is 0.119 e. The topological polar surface area (TPSA) is 9.23 Å². The highest BCUT2D eigenvalue weighted by Crippen LogP contribution is 2.37. The first-order valence-electron chi connectivity index (χ1n) is 4.54. The second kappa shape index (κ2) is 3.18. The Kier molecular flexibility index (Phi) is 2.03. The van der Waals surface area contributed by atoms with Crippen LogP contribution in [-0.2, 0) is 0 Å². The monoisotopic (exact) mass is 162 g/mol. The summed E-state index contributed by atoms with van der Waals surface area (Å²) in [5.74, 6) is 2.69. The van der Waals surface area contributed by atoms with Gasteiger partial charge in [-0.2, -0.15) is 0 Å². The molecule has 0 aliphatic heterocycles. The zero-order valence-corrected chi connectivity index (χ0v) is 7.36. The molecule has 2 atom stereocenters. The molecule has 1 aliphatic carbocycles. The average Bonchev–Trinajstić information content (AvgIpc) is 2.81. The Bertz CT molecular complexity index is 242. The summed E-state index contributed by atoms with van der Waals surface area (Å²) >= 11 is 0. The lowest BCUT2D eigenvalue weighted by Gasteiger charge is -2.03. The summed E-state index contributed by atoms with van der Waals surface area (Å²) in [7, 11) is 0. The number of ether oxygens (including phenoxy) is 1. The van der Waals surface area contributed by atoms with Crippen LogP contribution in [0.4, 0.5) is 0 Å². The van der Waals surface area contributed by atoms with Gasteiger partial charge in [-0.05, 0) is 30.4 Å². The normalized spacial score (nSPS) is 26.8. The van der Waals surface area contributed by atoms with E-state index in [-0.39, 0.29) is 0 Å². The third-order valence-corrected chi connectivity index (χ3v) is 2.48. The van der Waals surface area contributed by atoms with E-state index >= 15 is 0 Å². The minimum atomic E-state index is 0.810. The van der Waals surface area contributed by atoms with Crippen LogP contribution in [0.5, 0.6) is 5.75 Å². The highest BCUT2D eigenvalue weighted by atomic mass is 16.5. The van der Waals surface area contributed by atoms with Crippen LogP contribution in [-0.4, -0.2) is 6.61 Å². The third kappa shape index (κ3) is 1.79. The van der Waals surface area contributed by atoms with Gasteiger partial charge in [-0.1, -0.05) is 25.1 Å². The van der Waals surface area contributed by atoms with Crippen LogP contribution in [0.3, 0.4) is 0 Å². The molecule has 0 aromatic heterocycles. The van der Waals surface area contributed by atoms with E-state index in [0.29, 0.717) is 0 Å². The zero-order chi connectivity index (χ0) is 8.39. The Balaban J connectivity index is 1.80. The highest BCUT2D eigenvalue weighted by Gasteiger charge is 2.32. The van der Waals surface area contributed by atoms with Crippen LogP contribution in [0.2, 0.25) is 0 Å². The van der Waals surface area contributed by atoms with Crippen LogP contribution in [0.25, 0.3) is 0 Å². The lowest BCUT2D eigenvalue weighted by atomic mass is 10.3. The highest BCUT2D eigenvalue weighted by molar-refractivity contribution is 5.20. The van der Waals surface area contributed by atoms with Gasteiger partial charge in [-0.3, -0.25) is 0 Å². The van der Waals surface area contributed by atoms with Gasteiger partial charge in [0.05, 0.1) is 6.61 Å². The van der Waals surface area contributed by atoms with Crippen molar-refractivity contribution in [3.05, 3.63) is 30.3 Å². The predicted molar refractivity (Wildman–Crippen MR) is 49.2 cm³/mol. The number of hydrogen-bond donors (Lipinski definition) is 0. The fourth-order valence-corrected chi connectivity index (χ4v) is 1.35. The zero-order valence-electron chi connectivity index (χ0n) is 7.36. The van der Waals surface area contributed by atoms with Crippen LogP contribution in [0, 0.1) is 11.8 Å². The van der Waals surface area contributed by atoms with E-state index in [2.05, 4.69) is 6.92 Å². The second-order valence-corrected chi connectivity index (χ2v) is 3.60. The average molecular weight is 162 g/mol. The van der Waals surface area contributed by atoms with E-state index in [1.807, 2.05) is 30.3 Å². The van der Waals surface area contributed by atoms with Crippen molar-refractivity contribution in [3.8, 4) is 5.75 Å². The van der Waals surface area contributed by atoms with Gasteiger partial charge in [0, 0.05) is 0 Å². The molecule has 1 nitrogen and oxygen atoms in total. The molecule has 12 heavy (non-hydrogen) atoms. The molecule has 64 valence electrons. The molecule has 0 spiro atoms. The van der Waals surface area contributed by atoms with Crippen molar-refractivity contribution in [1.82, 2.24) is 0 Å². The Hall–Kier alpha value is -0.980. The molecule has 1 aromatic carbocycles. The van der Waals surface area contributed by atoms with Gasteiger partial charge in [0.2, 0.25) is 0 Å². The maximum absolute atomic E-state index is 5.60. The molecule has 2 rings (SSSR count). The van der Waals surface area contributed by atoms with Crippen molar-refractivity contribution in [1.29, 1.82) is 0 Å². The van der Waals surface area contributed by atoms with Gasteiger partial charge in [-0.15, -0.1) is 0 Å². The van der Waals surface area contributed by atoms with Crippen molar-refractivity contribution in [2.24, 2.45) is 11.8 Å². The van der Waals surface area contributed by atoms with Gasteiger partial charge >= 0.3 is 0 Å². The SMILES string of the molecule is C[C@H]1C[C@H]1COc1ccccc1. The first-order chi connectivity index (χ1) is 5.86. The molecule has 1 fully saturated rings. The minimum absolute atomic E-state index is 0.810. The minimum Gasteiger partial charge on any atom is -0.493 e. The molecule has 1 aliphatic rings. The standard InChI is InChI=1S/C11H14O/c1-9-7-10(9)8-12-11-5-3-2-4-6-11/h2-6,9-10H,7-8H2,1H3/t9-,10-/m0/s1. The Morgan fingerprint density at radius 1 is 1.33 bits per heavy atom. The summed E-state index contributed by atoms with van der Waals surface area (Å²) in [6.07, 6.45) is 1.34. The fourth-order valence-electron chi connectivity index (χ4n) is 1.35. The van der Waals surface area contributed by atoms with Gasteiger partial charge < -0.3 is 4.74 Å². The van der Waals surface area contributed by atoms with Crippen molar-refractivity contribution in [2.75, 3.05) is 6.61 Å². The van der Waals surface area contributed by atoms with Crippen molar-refractivity contribution in [2.45, 2.75) is 13.3 Å². The van der Waals surface area contributed by atoms with Crippen LogP contribution < -0.4 is 4.74 Å². The van der Waals surface area contributed by atoms with Crippen LogP contribution in [0.1, 0.15) is 13.3 Å². The van der Waals surface area contributed by atoms with Crippen molar-refractivity contribution >= 4 is 0 Å². The maximum atomic E-state index is 5.60. The lowest BCUT2D eigenvalue weighted by molar-refractivity contribution is 0.293. The molecular weight excluding hydrogens is 148 g/mol. The molecule has 0 bridgehead atoms. The Morgan fingerprint density at radius 2 is 2.00 bits per heavy atom. The molecule has 1 saturated carbocycles. The summed E-state index contributed by atoms with van der Waals surface area (Å²) in [5, 5.41) is 0. The van der Waals surface area contributed by atoms with Crippen LogP contribution >= 0.6 is 0 Å². The Morgan fingerprint density at radius 3 is 2.58 bits per heavy atom. The number of rotatable bonds is 3. The van der Waals surface area contributed by atoms with Gasteiger partial charge in [0.1, 0.15) is 5.75 Å². The first-order valence-corrected chi connectivity index (χ1v) is 4.54. The van der Waals surface area contributed by atoms with E-state index in [9.17, 15) is 0 Å². The van der Waals surface area contributed by atoms with Crippen molar-refractivity contribution < 1.29 is 4.74 Å².